The van der Waals surface area contributed by atoms with Crippen molar-refractivity contribution in [3.63, 3.8) is 0 Å². The van der Waals surface area contributed by atoms with Crippen LogP contribution in [0, 0.1) is 12.7 Å². The van der Waals surface area contributed by atoms with Crippen LogP contribution in [-0.2, 0) is 4.74 Å². The molecule has 2 rings (SSSR count). The molecule has 4 heteroatoms. The molecule has 0 saturated heterocycles. The van der Waals surface area contributed by atoms with Gasteiger partial charge in [-0.25, -0.2) is 9.18 Å². The van der Waals surface area contributed by atoms with Crippen molar-refractivity contribution in [1.82, 2.24) is 0 Å². The lowest BCUT2D eigenvalue weighted by Crippen LogP contribution is -2.23. The molecule has 0 spiro atoms. The summed E-state index contributed by atoms with van der Waals surface area (Å²) in [6.45, 7) is 7.06. The summed E-state index contributed by atoms with van der Waals surface area (Å²) in [6, 6.07) is 8.91. The summed E-state index contributed by atoms with van der Waals surface area (Å²) in [5, 5.41) is 9.56. The highest BCUT2D eigenvalue weighted by atomic mass is 19.1. The highest BCUT2D eigenvalue weighted by Crippen LogP contribution is 2.28. The fourth-order valence-corrected chi connectivity index (χ4v) is 2.03. The predicted molar refractivity (Wildman–Crippen MR) is 83.4 cm³/mol. The third kappa shape index (κ3) is 3.64. The summed E-state index contributed by atoms with van der Waals surface area (Å²) in [5.41, 5.74) is 1.21. The Labute approximate surface area is 129 Å². The van der Waals surface area contributed by atoms with E-state index in [2.05, 4.69) is 0 Å². The van der Waals surface area contributed by atoms with Crippen LogP contribution in [0.15, 0.2) is 36.4 Å². The maximum atomic E-state index is 14.1. The summed E-state index contributed by atoms with van der Waals surface area (Å²) >= 11 is 0. The molecule has 1 N–H and O–H groups in total. The van der Waals surface area contributed by atoms with Crippen molar-refractivity contribution < 1.29 is 19.0 Å². The number of aromatic hydroxyl groups is 1. The molecule has 0 aromatic heterocycles. The van der Waals surface area contributed by atoms with Crippen LogP contribution < -0.4 is 0 Å². The molecule has 0 bridgehead atoms. The molecule has 0 saturated carbocycles. The number of esters is 1. The number of hydrogen-bond donors (Lipinski definition) is 1. The Bertz CT molecular complexity index is 715. The van der Waals surface area contributed by atoms with E-state index in [1.165, 1.54) is 24.3 Å². The van der Waals surface area contributed by atoms with Crippen LogP contribution >= 0.6 is 0 Å². The highest BCUT2D eigenvalue weighted by molar-refractivity contribution is 5.91. The Morgan fingerprint density at radius 3 is 2.41 bits per heavy atom. The molecule has 0 unspecified atom stereocenters. The molecule has 0 heterocycles. The minimum atomic E-state index is -0.610. The fraction of sp³-hybridized carbons (Fsp3) is 0.278. The number of benzene rings is 2. The monoisotopic (exact) mass is 302 g/mol. The number of hydrogen-bond acceptors (Lipinski definition) is 3. The second kappa shape index (κ2) is 5.79. The highest BCUT2D eigenvalue weighted by Gasteiger charge is 2.19. The molecule has 0 atom stereocenters. The Morgan fingerprint density at radius 1 is 1.14 bits per heavy atom. The number of rotatable bonds is 2. The van der Waals surface area contributed by atoms with E-state index in [4.69, 9.17) is 4.74 Å². The van der Waals surface area contributed by atoms with E-state index in [0.29, 0.717) is 16.7 Å². The number of phenols is 1. The summed E-state index contributed by atoms with van der Waals surface area (Å²) < 4.78 is 19.4. The molecule has 0 aliphatic heterocycles. The molecule has 0 radical (unpaired) electrons. The van der Waals surface area contributed by atoms with Gasteiger partial charge < -0.3 is 9.84 Å². The zero-order valence-electron chi connectivity index (χ0n) is 13.1. The van der Waals surface area contributed by atoms with Gasteiger partial charge in [0.05, 0.1) is 5.56 Å². The largest absolute Gasteiger partial charge is 0.508 e. The molecular formula is C18H19FO3. The number of ether oxygens (including phenoxy) is 1. The Hall–Kier alpha value is -2.36. The number of halogens is 1. The van der Waals surface area contributed by atoms with Gasteiger partial charge in [0.1, 0.15) is 17.2 Å². The van der Waals surface area contributed by atoms with Crippen molar-refractivity contribution in [2.75, 3.05) is 0 Å². The van der Waals surface area contributed by atoms with E-state index < -0.39 is 17.4 Å². The van der Waals surface area contributed by atoms with Gasteiger partial charge in [0.25, 0.3) is 0 Å². The van der Waals surface area contributed by atoms with Crippen LogP contribution in [0.25, 0.3) is 11.1 Å². The summed E-state index contributed by atoms with van der Waals surface area (Å²) in [4.78, 5) is 12.1. The van der Waals surface area contributed by atoms with Crippen molar-refractivity contribution in [2.45, 2.75) is 33.3 Å². The SMILES string of the molecule is Cc1cc(-c2cc(C(=O)OC(C)(C)C)ccc2F)ccc1O. The lowest BCUT2D eigenvalue weighted by atomic mass is 10.00. The molecule has 0 fully saturated rings. The fourth-order valence-electron chi connectivity index (χ4n) is 2.03. The topological polar surface area (TPSA) is 46.5 Å². The average Bonchev–Trinajstić information content (AvgIpc) is 2.40. The van der Waals surface area contributed by atoms with Crippen molar-refractivity contribution in [3.05, 3.63) is 53.3 Å². The van der Waals surface area contributed by atoms with Crippen molar-refractivity contribution in [1.29, 1.82) is 0 Å². The van der Waals surface area contributed by atoms with Crippen LogP contribution in [0.4, 0.5) is 4.39 Å². The number of phenolic OH excluding ortho intramolecular Hbond substituents is 1. The van der Waals surface area contributed by atoms with Crippen LogP contribution in [0.3, 0.4) is 0 Å². The van der Waals surface area contributed by atoms with Crippen molar-refractivity contribution >= 4 is 5.97 Å². The molecule has 0 aliphatic rings. The number of carbonyl (C=O) groups excluding carboxylic acids is 1. The summed E-state index contributed by atoms with van der Waals surface area (Å²) in [7, 11) is 0. The third-order valence-corrected chi connectivity index (χ3v) is 3.11. The van der Waals surface area contributed by atoms with Crippen LogP contribution in [0.1, 0.15) is 36.7 Å². The van der Waals surface area contributed by atoms with E-state index in [1.807, 2.05) is 0 Å². The van der Waals surface area contributed by atoms with Crippen molar-refractivity contribution in [2.24, 2.45) is 0 Å². The Morgan fingerprint density at radius 2 is 1.82 bits per heavy atom. The zero-order valence-corrected chi connectivity index (χ0v) is 13.1. The van der Waals surface area contributed by atoms with Gasteiger partial charge in [-0.3, -0.25) is 0 Å². The Balaban J connectivity index is 2.42. The van der Waals surface area contributed by atoms with Gasteiger partial charge in [0.2, 0.25) is 0 Å². The van der Waals surface area contributed by atoms with Gasteiger partial charge in [-0.1, -0.05) is 6.07 Å². The molecule has 3 nitrogen and oxygen atoms in total. The zero-order chi connectivity index (χ0) is 16.5. The van der Waals surface area contributed by atoms with E-state index in [0.717, 1.165) is 0 Å². The second-order valence-corrected chi connectivity index (χ2v) is 6.20. The van der Waals surface area contributed by atoms with Gasteiger partial charge in [0, 0.05) is 5.56 Å². The first-order valence-corrected chi connectivity index (χ1v) is 7.00. The molecule has 2 aromatic rings. The van der Waals surface area contributed by atoms with Crippen LogP contribution in [-0.4, -0.2) is 16.7 Å². The lowest BCUT2D eigenvalue weighted by Gasteiger charge is -2.19. The average molecular weight is 302 g/mol. The molecule has 0 amide bonds. The number of carbonyl (C=O) groups is 1. The first-order valence-electron chi connectivity index (χ1n) is 7.00. The van der Waals surface area contributed by atoms with Gasteiger partial charge in [-0.2, -0.15) is 0 Å². The third-order valence-electron chi connectivity index (χ3n) is 3.11. The van der Waals surface area contributed by atoms with Crippen LogP contribution in [0.5, 0.6) is 5.75 Å². The number of aryl methyl sites for hydroxylation is 1. The maximum Gasteiger partial charge on any atom is 0.338 e. The molecule has 0 aliphatic carbocycles. The minimum absolute atomic E-state index is 0.146. The lowest BCUT2D eigenvalue weighted by molar-refractivity contribution is 0.00695. The smallest absolute Gasteiger partial charge is 0.338 e. The predicted octanol–water partition coefficient (Wildman–Crippen LogP) is 4.46. The van der Waals surface area contributed by atoms with E-state index in [9.17, 15) is 14.3 Å². The minimum Gasteiger partial charge on any atom is -0.508 e. The van der Waals surface area contributed by atoms with E-state index in [-0.39, 0.29) is 11.3 Å². The first-order chi connectivity index (χ1) is 10.2. The molecular weight excluding hydrogens is 283 g/mol. The molecule has 22 heavy (non-hydrogen) atoms. The van der Waals surface area contributed by atoms with Crippen LogP contribution in [0.2, 0.25) is 0 Å². The normalized spacial score (nSPS) is 11.3. The van der Waals surface area contributed by atoms with Gasteiger partial charge >= 0.3 is 5.97 Å². The standard InChI is InChI=1S/C18H19FO3/c1-11-9-12(6-8-16(11)20)14-10-13(5-7-15(14)19)17(21)22-18(2,3)4/h5-10,20H,1-4H3. The van der Waals surface area contributed by atoms with Gasteiger partial charge in [-0.05, 0) is 69.2 Å². The molecule has 116 valence electrons. The first kappa shape index (κ1) is 16.0. The quantitative estimate of drug-likeness (QED) is 0.833. The van der Waals surface area contributed by atoms with Crippen molar-refractivity contribution in [3.8, 4) is 16.9 Å². The summed E-state index contributed by atoms with van der Waals surface area (Å²) in [5.74, 6) is -0.783. The molecule has 2 aromatic carbocycles. The second-order valence-electron chi connectivity index (χ2n) is 6.20. The van der Waals surface area contributed by atoms with E-state index >= 15 is 0 Å². The Kier molecular flexibility index (Phi) is 4.22. The van der Waals surface area contributed by atoms with Gasteiger partial charge in [-0.15, -0.1) is 0 Å². The summed E-state index contributed by atoms with van der Waals surface area (Å²) in [6.07, 6.45) is 0. The maximum absolute atomic E-state index is 14.1. The van der Waals surface area contributed by atoms with Gasteiger partial charge in [0.15, 0.2) is 0 Å². The van der Waals surface area contributed by atoms with E-state index in [1.54, 1.807) is 39.8 Å².